The van der Waals surface area contributed by atoms with Gasteiger partial charge in [0.25, 0.3) is 0 Å². The zero-order valence-electron chi connectivity index (χ0n) is 16.2. The van der Waals surface area contributed by atoms with E-state index >= 15 is 0 Å². The lowest BCUT2D eigenvalue weighted by Gasteiger charge is -2.36. The van der Waals surface area contributed by atoms with Crippen LogP contribution in [0.1, 0.15) is 27.9 Å². The summed E-state index contributed by atoms with van der Waals surface area (Å²) in [6.45, 7) is 0. The molecule has 1 heterocycles. The van der Waals surface area contributed by atoms with Gasteiger partial charge in [0.15, 0.2) is 0 Å². The van der Waals surface area contributed by atoms with Crippen molar-refractivity contribution in [1.82, 2.24) is 10.2 Å². The van der Waals surface area contributed by atoms with Crippen LogP contribution in [0.3, 0.4) is 0 Å². The van der Waals surface area contributed by atoms with Crippen LogP contribution in [0, 0.1) is 0 Å². The van der Waals surface area contributed by atoms with Gasteiger partial charge in [-0.15, -0.1) is 0 Å². The van der Waals surface area contributed by atoms with Crippen LogP contribution in [0.15, 0.2) is 91.1 Å². The molecule has 0 radical (unpaired) electrons. The molecule has 0 aliphatic rings. The second kappa shape index (κ2) is 8.05. The number of aromatic nitrogens is 2. The average molecular weight is 422 g/mol. The van der Waals surface area contributed by atoms with Crippen molar-refractivity contribution in [3.63, 3.8) is 0 Å². The molecule has 3 aromatic carbocycles. The summed E-state index contributed by atoms with van der Waals surface area (Å²) in [5.41, 5.74) is -0.284. The first-order valence-electron chi connectivity index (χ1n) is 9.54. The van der Waals surface area contributed by atoms with E-state index in [1.807, 2.05) is 0 Å². The highest BCUT2D eigenvalue weighted by Gasteiger charge is 2.44. The van der Waals surface area contributed by atoms with Crippen molar-refractivity contribution in [3.8, 4) is 0 Å². The lowest BCUT2D eigenvalue weighted by Crippen LogP contribution is -2.41. The largest absolute Gasteiger partial charge is 0.492 e. The van der Waals surface area contributed by atoms with Crippen LogP contribution in [0.5, 0.6) is 0 Å². The first-order valence-corrected chi connectivity index (χ1v) is 9.54. The number of alkyl halides is 3. The average Bonchev–Trinajstić information content (AvgIpc) is 3.26. The highest BCUT2D eigenvalue weighted by atomic mass is 19.4. The van der Waals surface area contributed by atoms with E-state index in [1.54, 1.807) is 66.7 Å². The molecule has 0 atom stereocenters. The fourth-order valence-electron chi connectivity index (χ4n) is 4.01. The van der Waals surface area contributed by atoms with Crippen molar-refractivity contribution < 1.29 is 23.2 Å². The summed E-state index contributed by atoms with van der Waals surface area (Å²) in [6, 6.07) is 22.9. The lowest BCUT2D eigenvalue weighted by molar-refractivity contribution is -0.137. The molecule has 31 heavy (non-hydrogen) atoms. The Morgan fingerprint density at radius 3 is 1.74 bits per heavy atom. The minimum absolute atomic E-state index is 0.0742. The van der Waals surface area contributed by atoms with Crippen molar-refractivity contribution in [2.24, 2.45) is 0 Å². The quantitative estimate of drug-likeness (QED) is 0.341. The van der Waals surface area contributed by atoms with Gasteiger partial charge in [0.05, 0.1) is 16.7 Å². The third-order valence-corrected chi connectivity index (χ3v) is 5.34. The van der Waals surface area contributed by atoms with E-state index in [4.69, 9.17) is 0 Å². The minimum atomic E-state index is -4.54. The maximum Gasteiger partial charge on any atom is 0.492 e. The second-order valence-electron chi connectivity index (χ2n) is 7.12. The number of benzene rings is 3. The van der Waals surface area contributed by atoms with Crippen LogP contribution in [-0.2, 0) is 11.6 Å². The molecule has 4 aromatic rings. The Kier molecular flexibility index (Phi) is 5.43. The Balaban J connectivity index is 2.16. The molecular formula is C23H18BF3N2O2. The molecule has 1 aromatic heterocycles. The summed E-state index contributed by atoms with van der Waals surface area (Å²) >= 11 is 0. The maximum absolute atomic E-state index is 13.6. The van der Waals surface area contributed by atoms with E-state index in [0.29, 0.717) is 16.7 Å². The third kappa shape index (κ3) is 3.64. The molecule has 3 N–H and O–H groups in total. The normalized spacial score (nSPS) is 12.0. The molecule has 0 amide bonds. The molecular weight excluding hydrogens is 404 g/mol. The van der Waals surface area contributed by atoms with Crippen molar-refractivity contribution in [2.45, 2.75) is 11.6 Å². The van der Waals surface area contributed by atoms with E-state index in [2.05, 4.69) is 10.2 Å². The van der Waals surface area contributed by atoms with E-state index in [0.717, 1.165) is 12.1 Å². The predicted octanol–water partition coefficient (Wildman–Crippen LogP) is 3.49. The van der Waals surface area contributed by atoms with Gasteiger partial charge in [0, 0.05) is 11.7 Å². The van der Waals surface area contributed by atoms with Crippen LogP contribution in [-0.4, -0.2) is 27.4 Å². The number of nitrogens with one attached hydrogen (secondary N) is 1. The number of halogens is 3. The van der Waals surface area contributed by atoms with Crippen molar-refractivity contribution in [2.75, 3.05) is 0 Å². The molecule has 4 nitrogen and oxygen atoms in total. The number of hydrogen-bond donors (Lipinski definition) is 3. The molecule has 0 spiro atoms. The number of H-pyrrole nitrogens is 1. The van der Waals surface area contributed by atoms with Gasteiger partial charge in [0.1, 0.15) is 0 Å². The topological polar surface area (TPSA) is 69.1 Å². The van der Waals surface area contributed by atoms with Gasteiger partial charge < -0.3 is 10.0 Å². The molecule has 156 valence electrons. The van der Waals surface area contributed by atoms with Gasteiger partial charge in [-0.05, 0) is 22.8 Å². The molecule has 0 bridgehead atoms. The lowest BCUT2D eigenvalue weighted by atomic mass is 9.62. The number of nitrogens with zero attached hydrogens (tertiary/aromatic N) is 1. The fraction of sp³-hybridized carbons (Fsp3) is 0.0870. The first kappa shape index (κ1) is 20.9. The summed E-state index contributed by atoms with van der Waals surface area (Å²) < 4.78 is 40.8. The smallest absolute Gasteiger partial charge is 0.423 e. The summed E-state index contributed by atoms with van der Waals surface area (Å²) in [6.07, 6.45) is -3.20. The van der Waals surface area contributed by atoms with E-state index in [9.17, 15) is 23.2 Å². The van der Waals surface area contributed by atoms with Gasteiger partial charge in [-0.1, -0.05) is 78.9 Å². The highest BCUT2D eigenvalue weighted by molar-refractivity contribution is 6.59. The van der Waals surface area contributed by atoms with Crippen molar-refractivity contribution in [3.05, 3.63) is 119 Å². The van der Waals surface area contributed by atoms with Gasteiger partial charge in [0.2, 0.25) is 0 Å². The Hall–Kier alpha value is -3.36. The molecule has 4 rings (SSSR count). The molecule has 0 saturated carbocycles. The number of rotatable bonds is 5. The Bertz CT molecular complexity index is 1120. The predicted molar refractivity (Wildman–Crippen MR) is 112 cm³/mol. The van der Waals surface area contributed by atoms with E-state index in [-0.39, 0.29) is 11.2 Å². The summed E-state index contributed by atoms with van der Waals surface area (Å²) in [5, 5.41) is 26.9. The van der Waals surface area contributed by atoms with Gasteiger partial charge in [-0.2, -0.15) is 18.3 Å². The van der Waals surface area contributed by atoms with Crippen molar-refractivity contribution in [1.29, 1.82) is 0 Å². The molecule has 0 saturated heterocycles. The highest BCUT2D eigenvalue weighted by Crippen LogP contribution is 2.45. The monoisotopic (exact) mass is 422 g/mol. The van der Waals surface area contributed by atoms with Crippen LogP contribution >= 0.6 is 0 Å². The van der Waals surface area contributed by atoms with Gasteiger partial charge >= 0.3 is 13.3 Å². The fourth-order valence-corrected chi connectivity index (χ4v) is 4.01. The Morgan fingerprint density at radius 1 is 0.710 bits per heavy atom. The summed E-state index contributed by atoms with van der Waals surface area (Å²) in [7, 11) is -1.87. The Morgan fingerprint density at radius 2 is 1.23 bits per heavy atom. The molecule has 8 heteroatoms. The van der Waals surface area contributed by atoms with E-state index < -0.39 is 24.3 Å². The molecule has 0 unspecified atom stereocenters. The zero-order valence-corrected chi connectivity index (χ0v) is 16.2. The summed E-state index contributed by atoms with van der Waals surface area (Å²) in [5.74, 6) is 0. The molecule has 0 fully saturated rings. The molecule has 0 aliphatic carbocycles. The van der Waals surface area contributed by atoms with Crippen LogP contribution in [0.4, 0.5) is 13.2 Å². The van der Waals surface area contributed by atoms with Gasteiger partial charge in [-0.25, -0.2) is 0 Å². The van der Waals surface area contributed by atoms with Gasteiger partial charge in [-0.3, -0.25) is 5.10 Å². The first-order chi connectivity index (χ1) is 14.8. The van der Waals surface area contributed by atoms with Crippen LogP contribution in [0.25, 0.3) is 0 Å². The van der Waals surface area contributed by atoms with Crippen LogP contribution in [0.2, 0.25) is 0 Å². The third-order valence-electron chi connectivity index (χ3n) is 5.34. The van der Waals surface area contributed by atoms with E-state index in [1.165, 1.54) is 12.3 Å². The number of aromatic amines is 1. The number of hydrogen-bond acceptors (Lipinski definition) is 3. The van der Waals surface area contributed by atoms with Crippen molar-refractivity contribution >= 4 is 12.6 Å². The van der Waals surface area contributed by atoms with Crippen LogP contribution < -0.4 is 5.46 Å². The zero-order chi connectivity index (χ0) is 22.1. The minimum Gasteiger partial charge on any atom is -0.423 e. The standard InChI is InChI=1S/C23H18BF3N2O2/c25-23(26,27)19-13-7-12-18(14-19)22(16-8-3-1-4-9-16,17-10-5-2-6-11-17)21-20(24(30)31)15-28-29-21/h1-15,30-31H,(H,28,29). The summed E-state index contributed by atoms with van der Waals surface area (Å²) in [4.78, 5) is 0. The SMILES string of the molecule is OB(O)c1c[nH]nc1C(c1ccccc1)(c1ccccc1)c1cccc(C(F)(F)F)c1. The molecule has 0 aliphatic heterocycles. The Labute approximate surface area is 177 Å². The maximum atomic E-state index is 13.6. The second-order valence-corrected chi connectivity index (χ2v) is 7.12.